The van der Waals surface area contributed by atoms with Gasteiger partial charge in [0.1, 0.15) is 19.8 Å². The van der Waals surface area contributed by atoms with Crippen molar-refractivity contribution in [3.63, 3.8) is 0 Å². The quantitative estimate of drug-likeness (QED) is 0.376. The molecular weight excluding hydrogens is 575 g/mol. The third kappa shape index (κ3) is 5.25. The maximum Gasteiger partial charge on any atom is 0.294 e. The van der Waals surface area contributed by atoms with Gasteiger partial charge in [-0.3, -0.25) is 19.3 Å². The number of halogens is 1. The molecule has 0 unspecified atom stereocenters. The van der Waals surface area contributed by atoms with Crippen LogP contribution in [0.1, 0.15) is 12.5 Å². The number of rotatable bonds is 7. The molecule has 11 heteroatoms. The molecule has 0 bridgehead atoms. The minimum absolute atomic E-state index is 0.223. The molecule has 0 radical (unpaired) electrons. The van der Waals surface area contributed by atoms with Crippen LogP contribution in [0.25, 0.3) is 6.08 Å². The zero-order chi connectivity index (χ0) is 24.2. The summed E-state index contributed by atoms with van der Waals surface area (Å²) in [4.78, 5) is 39.0. The van der Waals surface area contributed by atoms with Crippen molar-refractivity contribution in [2.75, 3.05) is 38.8 Å². The summed E-state index contributed by atoms with van der Waals surface area (Å²) < 4.78 is 22.8. The molecule has 2 aromatic rings. The van der Waals surface area contributed by atoms with Gasteiger partial charge in [0.05, 0.1) is 22.2 Å². The van der Waals surface area contributed by atoms with Gasteiger partial charge in [-0.15, -0.1) is 0 Å². The fraction of sp³-hybridized carbons (Fsp3) is 0.261. The number of fused-ring (bicyclic) bond motifs is 1. The molecule has 2 heterocycles. The van der Waals surface area contributed by atoms with E-state index in [0.29, 0.717) is 54.1 Å². The van der Waals surface area contributed by atoms with Crippen LogP contribution in [0.4, 0.5) is 10.5 Å². The zero-order valence-corrected chi connectivity index (χ0v) is 21.4. The minimum Gasteiger partial charge on any atom is -0.492 e. The van der Waals surface area contributed by atoms with Crippen molar-refractivity contribution >= 4 is 63.2 Å². The highest BCUT2D eigenvalue weighted by Gasteiger charge is 2.36. The number of benzene rings is 2. The molecule has 0 saturated carbocycles. The second-order valence-corrected chi connectivity index (χ2v) is 9.30. The van der Waals surface area contributed by atoms with Gasteiger partial charge in [-0.25, -0.2) is 0 Å². The molecule has 1 fully saturated rings. The summed E-state index contributed by atoms with van der Waals surface area (Å²) in [6.07, 6.45) is 1.60. The molecule has 0 aromatic heterocycles. The standard InChI is InChI=1S/C23H21IN2O7S/c1-3-31-18-9-13(8-15(24)21(18)30-2)10-19-22(28)26(23(29)34-19)12-20(27)25-14-4-5-16-17(11-14)33-7-6-32-16/h4-5,8-11H,3,6-7,12H2,1-2H3,(H,25,27)/b19-10+. The topological polar surface area (TPSA) is 103 Å². The van der Waals surface area contributed by atoms with Crippen LogP contribution in [-0.4, -0.2) is 55.4 Å². The number of amides is 3. The highest BCUT2D eigenvalue weighted by molar-refractivity contribution is 14.1. The maximum atomic E-state index is 12.9. The Hall–Kier alpha value is -2.93. The molecule has 178 valence electrons. The molecular formula is C23H21IN2O7S. The Morgan fingerprint density at radius 1 is 1.21 bits per heavy atom. The number of nitrogens with one attached hydrogen (secondary N) is 1. The lowest BCUT2D eigenvalue weighted by Crippen LogP contribution is -2.36. The van der Waals surface area contributed by atoms with Crippen molar-refractivity contribution in [3.05, 3.63) is 44.4 Å². The van der Waals surface area contributed by atoms with Crippen molar-refractivity contribution in [3.8, 4) is 23.0 Å². The van der Waals surface area contributed by atoms with Crippen molar-refractivity contribution < 1.29 is 33.3 Å². The van der Waals surface area contributed by atoms with E-state index in [9.17, 15) is 14.4 Å². The van der Waals surface area contributed by atoms with E-state index in [1.165, 1.54) is 0 Å². The summed E-state index contributed by atoms with van der Waals surface area (Å²) in [6, 6.07) is 8.57. The number of anilines is 1. The molecule has 0 aliphatic carbocycles. The maximum absolute atomic E-state index is 12.9. The van der Waals surface area contributed by atoms with Crippen LogP contribution in [-0.2, 0) is 9.59 Å². The van der Waals surface area contributed by atoms with E-state index in [1.807, 2.05) is 13.0 Å². The SMILES string of the molecule is CCOc1cc(/C=C2/SC(=O)N(CC(=O)Nc3ccc4c(c3)OCCO4)C2=O)cc(I)c1OC. The first-order valence-corrected chi connectivity index (χ1v) is 12.2. The van der Waals surface area contributed by atoms with Gasteiger partial charge < -0.3 is 24.3 Å². The normalized spacial score (nSPS) is 16.1. The lowest BCUT2D eigenvalue weighted by atomic mass is 10.2. The Morgan fingerprint density at radius 3 is 2.71 bits per heavy atom. The molecule has 2 aliphatic rings. The van der Waals surface area contributed by atoms with Crippen LogP contribution >= 0.6 is 34.4 Å². The number of carbonyl (C=O) groups is 3. The van der Waals surface area contributed by atoms with E-state index >= 15 is 0 Å². The molecule has 0 spiro atoms. The predicted octanol–water partition coefficient (Wildman–Crippen LogP) is 4.14. The molecule has 2 aromatic carbocycles. The Kier molecular flexibility index (Phi) is 7.51. The molecule has 1 saturated heterocycles. The van der Waals surface area contributed by atoms with E-state index in [2.05, 4.69) is 27.9 Å². The van der Waals surface area contributed by atoms with E-state index in [4.69, 9.17) is 18.9 Å². The second kappa shape index (κ2) is 10.6. The average molecular weight is 596 g/mol. The van der Waals surface area contributed by atoms with Gasteiger partial charge in [0.25, 0.3) is 11.1 Å². The Bertz CT molecular complexity index is 1180. The first-order chi connectivity index (χ1) is 16.4. The number of nitrogens with zero attached hydrogens (tertiary/aromatic N) is 1. The molecule has 3 amide bonds. The third-order valence-electron chi connectivity index (χ3n) is 4.83. The van der Waals surface area contributed by atoms with Crippen LogP contribution in [0, 0.1) is 3.57 Å². The van der Waals surface area contributed by atoms with Crippen LogP contribution in [0.5, 0.6) is 23.0 Å². The lowest BCUT2D eigenvalue weighted by Gasteiger charge is -2.19. The van der Waals surface area contributed by atoms with Crippen molar-refractivity contribution in [2.45, 2.75) is 6.92 Å². The smallest absolute Gasteiger partial charge is 0.294 e. The lowest BCUT2D eigenvalue weighted by molar-refractivity contribution is -0.127. The molecule has 1 N–H and O–H groups in total. The Morgan fingerprint density at radius 2 is 1.97 bits per heavy atom. The van der Waals surface area contributed by atoms with Crippen molar-refractivity contribution in [1.82, 2.24) is 4.90 Å². The molecule has 0 atom stereocenters. The average Bonchev–Trinajstić information content (AvgIpc) is 3.06. The van der Waals surface area contributed by atoms with Crippen molar-refractivity contribution in [1.29, 1.82) is 0 Å². The van der Waals surface area contributed by atoms with Gasteiger partial charge >= 0.3 is 0 Å². The van der Waals surface area contributed by atoms with Crippen LogP contribution < -0.4 is 24.3 Å². The second-order valence-electron chi connectivity index (χ2n) is 7.14. The molecule has 9 nitrogen and oxygen atoms in total. The van der Waals surface area contributed by atoms with Gasteiger partial charge in [0.2, 0.25) is 5.91 Å². The van der Waals surface area contributed by atoms with E-state index in [0.717, 1.165) is 20.2 Å². The highest BCUT2D eigenvalue weighted by Crippen LogP contribution is 2.37. The zero-order valence-electron chi connectivity index (χ0n) is 18.4. The monoisotopic (exact) mass is 596 g/mol. The number of carbonyl (C=O) groups excluding carboxylic acids is 3. The first-order valence-electron chi connectivity index (χ1n) is 10.3. The van der Waals surface area contributed by atoms with Gasteiger partial charge in [-0.1, -0.05) is 0 Å². The van der Waals surface area contributed by atoms with Gasteiger partial charge in [-0.05, 0) is 77.2 Å². The van der Waals surface area contributed by atoms with Crippen LogP contribution in [0.15, 0.2) is 35.2 Å². The fourth-order valence-electron chi connectivity index (χ4n) is 3.39. The fourth-order valence-corrected chi connectivity index (χ4v) is 5.07. The number of imide groups is 1. The Balaban J connectivity index is 1.46. The summed E-state index contributed by atoms with van der Waals surface area (Å²) >= 11 is 2.90. The molecule has 4 rings (SSSR count). The summed E-state index contributed by atoms with van der Waals surface area (Å²) in [7, 11) is 1.56. The number of methoxy groups -OCH3 is 1. The van der Waals surface area contributed by atoms with Gasteiger partial charge in [0.15, 0.2) is 23.0 Å². The molecule has 34 heavy (non-hydrogen) atoms. The Labute approximate surface area is 213 Å². The van der Waals surface area contributed by atoms with E-state index < -0.39 is 23.6 Å². The first kappa shape index (κ1) is 24.2. The largest absolute Gasteiger partial charge is 0.492 e. The number of hydrogen-bond acceptors (Lipinski definition) is 8. The predicted molar refractivity (Wildman–Crippen MR) is 136 cm³/mol. The highest BCUT2D eigenvalue weighted by atomic mass is 127. The van der Waals surface area contributed by atoms with Crippen molar-refractivity contribution in [2.24, 2.45) is 0 Å². The summed E-state index contributed by atoms with van der Waals surface area (Å²) in [5.74, 6) is 1.23. The van der Waals surface area contributed by atoms with E-state index in [1.54, 1.807) is 37.5 Å². The van der Waals surface area contributed by atoms with Gasteiger partial charge in [0, 0.05) is 11.8 Å². The number of ether oxygens (including phenoxy) is 4. The number of hydrogen-bond donors (Lipinski definition) is 1. The van der Waals surface area contributed by atoms with Crippen LogP contribution in [0.3, 0.4) is 0 Å². The third-order valence-corrected chi connectivity index (χ3v) is 6.54. The van der Waals surface area contributed by atoms with Crippen LogP contribution in [0.2, 0.25) is 0 Å². The minimum atomic E-state index is -0.531. The number of thioether (sulfide) groups is 1. The summed E-state index contributed by atoms with van der Waals surface area (Å²) in [5.41, 5.74) is 1.16. The van der Waals surface area contributed by atoms with Gasteiger partial charge in [-0.2, -0.15) is 0 Å². The summed E-state index contributed by atoms with van der Waals surface area (Å²) in [5, 5.41) is 2.17. The van der Waals surface area contributed by atoms with E-state index in [-0.39, 0.29) is 4.91 Å². The summed E-state index contributed by atoms with van der Waals surface area (Å²) in [6.45, 7) is 2.80. The molecule has 2 aliphatic heterocycles.